The average Bonchev–Trinajstić information content (AvgIpc) is 2.37. The summed E-state index contributed by atoms with van der Waals surface area (Å²) in [4.78, 5) is 11.6. The first kappa shape index (κ1) is 14.9. The molecule has 0 amide bonds. The van der Waals surface area contributed by atoms with Crippen LogP contribution in [0.5, 0.6) is 0 Å². The summed E-state index contributed by atoms with van der Waals surface area (Å²) in [6.45, 7) is 1.79. The molecule has 2 atom stereocenters. The van der Waals surface area contributed by atoms with Gasteiger partial charge in [-0.1, -0.05) is 0 Å². The van der Waals surface area contributed by atoms with E-state index < -0.39 is 24.0 Å². The maximum Gasteiger partial charge on any atom is 0.338 e. The smallest absolute Gasteiger partial charge is 0.338 e. The summed E-state index contributed by atoms with van der Waals surface area (Å²) in [7, 11) is 0. The monoisotopic (exact) mass is 276 g/mol. The number of aliphatic hydroxyl groups is 2. The topological polar surface area (TPSA) is 66.8 Å². The number of carbonyl (C=O) groups excluding carboxylic acids is 1. The van der Waals surface area contributed by atoms with Crippen molar-refractivity contribution in [2.45, 2.75) is 19.1 Å². The average molecular weight is 277 g/mol. The number of carbonyl (C=O) groups is 1. The van der Waals surface area contributed by atoms with Crippen LogP contribution in [0.15, 0.2) is 18.2 Å². The van der Waals surface area contributed by atoms with Crippen LogP contribution in [0.1, 0.15) is 28.9 Å². The second-order valence-corrected chi connectivity index (χ2v) is 3.93. The molecule has 2 N–H and O–H groups in total. The van der Waals surface area contributed by atoms with E-state index in [1.54, 1.807) is 6.92 Å². The van der Waals surface area contributed by atoms with Crippen molar-refractivity contribution in [3.63, 3.8) is 0 Å². The summed E-state index contributed by atoms with van der Waals surface area (Å²) < 4.78 is 17.9. The molecule has 1 rings (SSSR count). The zero-order valence-corrected chi connectivity index (χ0v) is 10.5. The van der Waals surface area contributed by atoms with Gasteiger partial charge >= 0.3 is 5.97 Å². The van der Waals surface area contributed by atoms with Gasteiger partial charge in [-0.2, -0.15) is 0 Å². The van der Waals surface area contributed by atoms with Crippen LogP contribution in [0, 0.1) is 5.82 Å². The van der Waals surface area contributed by atoms with Gasteiger partial charge in [0.25, 0.3) is 0 Å². The van der Waals surface area contributed by atoms with Gasteiger partial charge < -0.3 is 14.9 Å². The number of benzene rings is 1. The molecule has 4 nitrogen and oxygen atoms in total. The maximum atomic E-state index is 13.1. The first-order valence-electron chi connectivity index (χ1n) is 5.39. The molecule has 0 heterocycles. The van der Waals surface area contributed by atoms with Crippen LogP contribution in [0.3, 0.4) is 0 Å². The minimum absolute atomic E-state index is 0.00918. The fourth-order valence-corrected chi connectivity index (χ4v) is 1.63. The van der Waals surface area contributed by atoms with Gasteiger partial charge in [0.15, 0.2) is 0 Å². The number of aliphatic hydroxyl groups excluding tert-OH is 2. The van der Waals surface area contributed by atoms with Gasteiger partial charge in [-0.05, 0) is 25.1 Å². The number of ether oxygens (including phenoxy) is 1. The largest absolute Gasteiger partial charge is 0.462 e. The van der Waals surface area contributed by atoms with E-state index in [-0.39, 0.29) is 23.6 Å². The third-order valence-corrected chi connectivity index (χ3v) is 2.67. The van der Waals surface area contributed by atoms with Crippen molar-refractivity contribution in [3.05, 3.63) is 35.1 Å². The van der Waals surface area contributed by atoms with Gasteiger partial charge in [0.05, 0.1) is 24.2 Å². The molecule has 0 aliphatic rings. The number of hydrogen-bond acceptors (Lipinski definition) is 4. The van der Waals surface area contributed by atoms with Crippen LogP contribution >= 0.6 is 11.6 Å². The lowest BCUT2D eigenvalue weighted by Gasteiger charge is -2.18. The van der Waals surface area contributed by atoms with E-state index in [0.717, 1.165) is 12.1 Å². The number of alkyl halides is 1. The number of halogens is 2. The Balaban J connectivity index is 3.14. The maximum absolute atomic E-state index is 13.1. The second-order valence-electron chi connectivity index (χ2n) is 3.62. The third-order valence-electron chi connectivity index (χ3n) is 2.35. The lowest BCUT2D eigenvalue weighted by atomic mass is 9.99. The Morgan fingerprint density at radius 3 is 2.72 bits per heavy atom. The first-order chi connectivity index (χ1) is 8.51. The predicted molar refractivity (Wildman–Crippen MR) is 64.0 cm³/mol. The van der Waals surface area contributed by atoms with Crippen LogP contribution in [0.25, 0.3) is 0 Å². The molecule has 0 aromatic heterocycles. The minimum Gasteiger partial charge on any atom is -0.462 e. The number of hydrogen-bond donors (Lipinski definition) is 2. The molecule has 0 saturated carbocycles. The molecule has 0 fully saturated rings. The quantitative estimate of drug-likeness (QED) is 0.634. The van der Waals surface area contributed by atoms with Gasteiger partial charge in [0, 0.05) is 5.56 Å². The molecule has 18 heavy (non-hydrogen) atoms. The van der Waals surface area contributed by atoms with Crippen LogP contribution in [-0.4, -0.2) is 34.8 Å². The van der Waals surface area contributed by atoms with Crippen LogP contribution < -0.4 is 0 Å². The van der Waals surface area contributed by atoms with E-state index in [1.807, 2.05) is 0 Å². The van der Waals surface area contributed by atoms with E-state index in [4.69, 9.17) is 16.3 Å². The van der Waals surface area contributed by atoms with Gasteiger partial charge in [-0.3, -0.25) is 0 Å². The highest BCUT2D eigenvalue weighted by Crippen LogP contribution is 2.23. The van der Waals surface area contributed by atoms with Crippen molar-refractivity contribution in [2.75, 3.05) is 12.5 Å². The van der Waals surface area contributed by atoms with Gasteiger partial charge in [0.1, 0.15) is 11.9 Å². The SMILES string of the molecule is CCOC(=O)c1ccc(F)cc1C(O)C(O)CCl. The zero-order valence-electron chi connectivity index (χ0n) is 9.77. The fourth-order valence-electron chi connectivity index (χ4n) is 1.46. The Morgan fingerprint density at radius 1 is 1.50 bits per heavy atom. The van der Waals surface area contributed by atoms with Crippen LogP contribution in [0.4, 0.5) is 4.39 Å². The summed E-state index contributed by atoms with van der Waals surface area (Å²) >= 11 is 5.41. The summed E-state index contributed by atoms with van der Waals surface area (Å²) in [5.41, 5.74) is -0.0310. The molecule has 2 unspecified atom stereocenters. The van der Waals surface area contributed by atoms with E-state index in [9.17, 15) is 19.4 Å². The molecule has 0 aliphatic carbocycles. The van der Waals surface area contributed by atoms with E-state index in [0.29, 0.717) is 0 Å². The Morgan fingerprint density at radius 2 is 2.17 bits per heavy atom. The number of esters is 1. The molecule has 0 spiro atoms. The highest BCUT2D eigenvalue weighted by molar-refractivity contribution is 6.18. The Bertz CT molecular complexity index is 425. The van der Waals surface area contributed by atoms with Crippen molar-refractivity contribution < 1.29 is 24.1 Å². The van der Waals surface area contributed by atoms with E-state index >= 15 is 0 Å². The molecular weight excluding hydrogens is 263 g/mol. The van der Waals surface area contributed by atoms with E-state index in [2.05, 4.69) is 0 Å². The Labute approximate surface area is 109 Å². The molecule has 0 radical (unpaired) electrons. The highest BCUT2D eigenvalue weighted by atomic mass is 35.5. The molecule has 100 valence electrons. The van der Waals surface area contributed by atoms with Crippen molar-refractivity contribution >= 4 is 17.6 Å². The van der Waals surface area contributed by atoms with Crippen molar-refractivity contribution in [3.8, 4) is 0 Å². The Kier molecular flexibility index (Phi) is 5.53. The Hall–Kier alpha value is -1.17. The first-order valence-corrected chi connectivity index (χ1v) is 5.93. The summed E-state index contributed by atoms with van der Waals surface area (Å²) in [5, 5.41) is 19.3. The van der Waals surface area contributed by atoms with Crippen LogP contribution in [0.2, 0.25) is 0 Å². The molecule has 1 aromatic carbocycles. The normalized spacial score (nSPS) is 14.1. The van der Waals surface area contributed by atoms with Gasteiger partial charge in [-0.15, -0.1) is 11.6 Å². The van der Waals surface area contributed by atoms with Crippen LogP contribution in [-0.2, 0) is 4.74 Å². The molecule has 6 heteroatoms. The van der Waals surface area contributed by atoms with Gasteiger partial charge in [-0.25, -0.2) is 9.18 Å². The molecule has 0 bridgehead atoms. The van der Waals surface area contributed by atoms with Gasteiger partial charge in [0.2, 0.25) is 0 Å². The molecule has 0 aliphatic heterocycles. The van der Waals surface area contributed by atoms with E-state index in [1.165, 1.54) is 6.07 Å². The summed E-state index contributed by atoms with van der Waals surface area (Å²) in [6.07, 6.45) is -2.74. The van der Waals surface area contributed by atoms with Crippen molar-refractivity contribution in [2.24, 2.45) is 0 Å². The fraction of sp³-hybridized carbons (Fsp3) is 0.417. The van der Waals surface area contributed by atoms with Crippen molar-refractivity contribution in [1.29, 1.82) is 0 Å². The predicted octanol–water partition coefficient (Wildman–Crippen LogP) is 1.64. The highest BCUT2D eigenvalue weighted by Gasteiger charge is 2.24. The third kappa shape index (κ3) is 3.41. The second kappa shape index (κ2) is 6.68. The number of rotatable bonds is 5. The lowest BCUT2D eigenvalue weighted by Crippen LogP contribution is -2.22. The zero-order chi connectivity index (χ0) is 13.7. The standard InChI is InChI=1S/C12H14ClFO4/c1-2-18-12(17)8-4-3-7(14)5-9(8)11(16)10(15)6-13/h3-5,10-11,15-16H,2,6H2,1H3. The van der Waals surface area contributed by atoms with Crippen molar-refractivity contribution in [1.82, 2.24) is 0 Å². The molecule has 0 saturated heterocycles. The summed E-state index contributed by atoms with van der Waals surface area (Å²) in [5.74, 6) is -1.55. The minimum atomic E-state index is -1.45. The lowest BCUT2D eigenvalue weighted by molar-refractivity contribution is 0.0299. The molecular formula is C12H14ClFO4. The summed E-state index contributed by atoms with van der Waals surface area (Å²) in [6, 6.07) is 3.26. The molecule has 1 aromatic rings.